The number of halogens is 2. The van der Waals surface area contributed by atoms with Crippen LogP contribution in [-0.2, 0) is 9.59 Å². The Kier molecular flexibility index (Phi) is 8.73. The summed E-state index contributed by atoms with van der Waals surface area (Å²) in [6, 6.07) is 3.48. The summed E-state index contributed by atoms with van der Waals surface area (Å²) in [6.07, 6.45) is 5.60. The molecule has 0 aliphatic heterocycles. The third kappa shape index (κ3) is 6.51. The minimum Gasteiger partial charge on any atom is -0.397 e. The summed E-state index contributed by atoms with van der Waals surface area (Å²) in [5.74, 6) is 0.0242. The fourth-order valence-electron chi connectivity index (χ4n) is 3.11. The number of amides is 2. The van der Waals surface area contributed by atoms with E-state index < -0.39 is 0 Å². The number of anilines is 2. The molecule has 1 aromatic rings. The van der Waals surface area contributed by atoms with Crippen LogP contribution in [0.25, 0.3) is 0 Å². The predicted octanol–water partition coefficient (Wildman–Crippen LogP) is 4.18. The highest BCUT2D eigenvalue weighted by atomic mass is 79.9. The molecule has 1 aromatic carbocycles. The molecule has 1 saturated carbocycles. The average molecular weight is 433 g/mol. The van der Waals surface area contributed by atoms with Crippen molar-refractivity contribution >= 4 is 51.5 Å². The highest BCUT2D eigenvalue weighted by Gasteiger charge is 2.23. The first-order chi connectivity index (χ1) is 11.4. The van der Waals surface area contributed by atoms with E-state index >= 15 is 0 Å². The Bertz CT molecular complexity index is 619. The maximum atomic E-state index is 12.2. The number of rotatable bonds is 5. The Morgan fingerprint density at radius 3 is 2.56 bits per heavy atom. The number of aryl methyl sites for hydroxylation is 1. The maximum Gasteiger partial charge on any atom is 0.226 e. The zero-order valence-corrected chi connectivity index (χ0v) is 17.1. The van der Waals surface area contributed by atoms with Crippen LogP contribution in [0.4, 0.5) is 11.4 Å². The van der Waals surface area contributed by atoms with Crippen molar-refractivity contribution in [1.29, 1.82) is 0 Å². The lowest BCUT2D eigenvalue weighted by atomic mass is 9.88. The van der Waals surface area contributed by atoms with Gasteiger partial charge >= 0.3 is 0 Å². The Labute approximate surface area is 164 Å². The van der Waals surface area contributed by atoms with Gasteiger partial charge in [-0.3, -0.25) is 9.59 Å². The molecule has 0 spiro atoms. The summed E-state index contributed by atoms with van der Waals surface area (Å²) in [5, 5.41) is 5.79. The quantitative estimate of drug-likeness (QED) is 0.610. The van der Waals surface area contributed by atoms with Crippen LogP contribution in [0.2, 0.25) is 0 Å². The van der Waals surface area contributed by atoms with E-state index in [1.54, 1.807) is 6.07 Å². The van der Waals surface area contributed by atoms with Crippen molar-refractivity contribution in [2.24, 2.45) is 5.92 Å². The lowest BCUT2D eigenvalue weighted by Gasteiger charge is -2.23. The largest absolute Gasteiger partial charge is 0.397 e. The van der Waals surface area contributed by atoms with Crippen molar-refractivity contribution in [2.75, 3.05) is 11.1 Å². The van der Waals surface area contributed by atoms with Gasteiger partial charge in [-0.2, -0.15) is 0 Å². The predicted molar refractivity (Wildman–Crippen MR) is 108 cm³/mol. The first-order valence-corrected chi connectivity index (χ1v) is 9.32. The van der Waals surface area contributed by atoms with Gasteiger partial charge in [0.2, 0.25) is 11.8 Å². The molecule has 1 aliphatic carbocycles. The second kappa shape index (κ2) is 10.0. The number of hydrogen-bond acceptors (Lipinski definition) is 3. The summed E-state index contributed by atoms with van der Waals surface area (Å²) in [5.41, 5.74) is 8.06. The molecule has 25 heavy (non-hydrogen) atoms. The SMILES string of the molecule is Cc1cc(Br)cc(NC(=O)CC(C)NC(=O)C2CCCCC2)c1N.Cl. The van der Waals surface area contributed by atoms with Crippen LogP contribution in [-0.4, -0.2) is 17.9 Å². The molecular formula is C18H27BrClN3O2. The Morgan fingerprint density at radius 1 is 1.28 bits per heavy atom. The normalized spacial score (nSPS) is 15.8. The van der Waals surface area contributed by atoms with Crippen molar-refractivity contribution in [1.82, 2.24) is 5.32 Å². The fraction of sp³-hybridized carbons (Fsp3) is 0.556. The molecule has 4 N–H and O–H groups in total. The minimum atomic E-state index is -0.200. The van der Waals surface area contributed by atoms with Crippen molar-refractivity contribution in [3.8, 4) is 0 Å². The number of benzene rings is 1. The topological polar surface area (TPSA) is 84.2 Å². The molecule has 0 radical (unpaired) electrons. The molecular weight excluding hydrogens is 406 g/mol. The van der Waals surface area contributed by atoms with Crippen molar-refractivity contribution < 1.29 is 9.59 Å². The lowest BCUT2D eigenvalue weighted by molar-refractivity contribution is -0.126. The van der Waals surface area contributed by atoms with Crippen LogP contribution >= 0.6 is 28.3 Å². The minimum absolute atomic E-state index is 0. The van der Waals surface area contributed by atoms with E-state index in [1.165, 1.54) is 6.42 Å². The van der Waals surface area contributed by atoms with Gasteiger partial charge in [0, 0.05) is 22.9 Å². The van der Waals surface area contributed by atoms with Crippen LogP contribution < -0.4 is 16.4 Å². The van der Waals surface area contributed by atoms with Gasteiger partial charge in [-0.05, 0) is 44.4 Å². The van der Waals surface area contributed by atoms with Crippen molar-refractivity contribution in [2.45, 2.75) is 58.4 Å². The number of carbonyl (C=O) groups excluding carboxylic acids is 2. The number of nitrogens with one attached hydrogen (secondary N) is 2. The second-order valence-corrected chi connectivity index (χ2v) is 7.60. The molecule has 1 unspecified atom stereocenters. The van der Waals surface area contributed by atoms with Gasteiger partial charge in [-0.25, -0.2) is 0 Å². The molecule has 1 fully saturated rings. The summed E-state index contributed by atoms with van der Waals surface area (Å²) in [7, 11) is 0. The van der Waals surface area contributed by atoms with E-state index in [0.717, 1.165) is 35.7 Å². The zero-order valence-electron chi connectivity index (χ0n) is 14.7. The van der Waals surface area contributed by atoms with E-state index in [-0.39, 0.29) is 42.6 Å². The van der Waals surface area contributed by atoms with Gasteiger partial charge in [0.1, 0.15) is 0 Å². The Morgan fingerprint density at radius 2 is 1.92 bits per heavy atom. The van der Waals surface area contributed by atoms with Crippen LogP contribution in [0, 0.1) is 12.8 Å². The molecule has 0 saturated heterocycles. The fourth-order valence-corrected chi connectivity index (χ4v) is 3.69. The molecule has 2 amide bonds. The van der Waals surface area contributed by atoms with Gasteiger partial charge in [0.25, 0.3) is 0 Å². The zero-order chi connectivity index (χ0) is 17.7. The third-order valence-electron chi connectivity index (χ3n) is 4.48. The molecule has 0 bridgehead atoms. The number of nitrogens with two attached hydrogens (primary N) is 1. The standard InChI is InChI=1S/C18H26BrN3O2.ClH/c1-11-8-14(19)10-15(17(11)20)22-16(23)9-12(2)21-18(24)13-6-4-3-5-7-13;/h8,10,12-13H,3-7,9,20H2,1-2H3,(H,21,24)(H,22,23);1H. The molecule has 1 atom stereocenters. The second-order valence-electron chi connectivity index (χ2n) is 6.68. The third-order valence-corrected chi connectivity index (χ3v) is 4.94. The summed E-state index contributed by atoms with van der Waals surface area (Å²) in [6.45, 7) is 3.75. The van der Waals surface area contributed by atoms with E-state index in [4.69, 9.17) is 5.73 Å². The molecule has 2 rings (SSSR count). The highest BCUT2D eigenvalue weighted by molar-refractivity contribution is 9.10. The average Bonchev–Trinajstić information content (AvgIpc) is 2.52. The molecule has 0 aromatic heterocycles. The molecule has 5 nitrogen and oxygen atoms in total. The number of carbonyl (C=O) groups is 2. The molecule has 7 heteroatoms. The summed E-state index contributed by atoms with van der Waals surface area (Å²) >= 11 is 3.40. The van der Waals surface area contributed by atoms with Crippen LogP contribution in [0.15, 0.2) is 16.6 Å². The molecule has 1 aliphatic rings. The van der Waals surface area contributed by atoms with Gasteiger partial charge < -0.3 is 16.4 Å². The first kappa shape index (κ1) is 21.8. The smallest absolute Gasteiger partial charge is 0.226 e. The maximum absolute atomic E-state index is 12.2. The number of hydrogen-bond donors (Lipinski definition) is 3. The van der Waals surface area contributed by atoms with Crippen LogP contribution in [0.5, 0.6) is 0 Å². The first-order valence-electron chi connectivity index (χ1n) is 8.52. The van der Waals surface area contributed by atoms with Crippen LogP contribution in [0.1, 0.15) is 51.0 Å². The number of nitrogen functional groups attached to an aromatic ring is 1. The van der Waals surface area contributed by atoms with E-state index in [1.807, 2.05) is 19.9 Å². The van der Waals surface area contributed by atoms with Gasteiger partial charge in [0.05, 0.1) is 11.4 Å². The summed E-state index contributed by atoms with van der Waals surface area (Å²) < 4.78 is 0.864. The van der Waals surface area contributed by atoms with Crippen LogP contribution in [0.3, 0.4) is 0 Å². The summed E-state index contributed by atoms with van der Waals surface area (Å²) in [4.78, 5) is 24.4. The van der Waals surface area contributed by atoms with E-state index in [9.17, 15) is 9.59 Å². The Balaban J connectivity index is 0.00000312. The Hall–Kier alpha value is -1.27. The van der Waals surface area contributed by atoms with E-state index in [2.05, 4.69) is 26.6 Å². The lowest BCUT2D eigenvalue weighted by Crippen LogP contribution is -2.39. The molecule has 140 valence electrons. The van der Waals surface area contributed by atoms with Gasteiger partial charge in [-0.15, -0.1) is 12.4 Å². The monoisotopic (exact) mass is 431 g/mol. The molecule has 0 heterocycles. The highest BCUT2D eigenvalue weighted by Crippen LogP contribution is 2.28. The van der Waals surface area contributed by atoms with Gasteiger partial charge in [0.15, 0.2) is 0 Å². The van der Waals surface area contributed by atoms with Crippen molar-refractivity contribution in [3.63, 3.8) is 0 Å². The van der Waals surface area contributed by atoms with Crippen molar-refractivity contribution in [3.05, 3.63) is 22.2 Å². The van der Waals surface area contributed by atoms with Gasteiger partial charge in [-0.1, -0.05) is 35.2 Å². The van der Waals surface area contributed by atoms with E-state index in [0.29, 0.717) is 11.4 Å².